The largest absolute Gasteiger partial charge is 0.497 e. The van der Waals surface area contributed by atoms with Crippen molar-refractivity contribution in [2.75, 3.05) is 18.6 Å². The zero-order valence-electron chi connectivity index (χ0n) is 17.7. The minimum Gasteiger partial charge on any atom is -0.497 e. The van der Waals surface area contributed by atoms with Crippen molar-refractivity contribution in [1.82, 2.24) is 0 Å². The predicted octanol–water partition coefficient (Wildman–Crippen LogP) is 5.73. The Hall–Kier alpha value is -2.29. The van der Waals surface area contributed by atoms with Crippen molar-refractivity contribution in [2.24, 2.45) is 17.3 Å². The van der Waals surface area contributed by atoms with Crippen molar-refractivity contribution in [3.63, 3.8) is 0 Å². The van der Waals surface area contributed by atoms with Gasteiger partial charge in [-0.25, -0.2) is 0 Å². The van der Waals surface area contributed by atoms with Crippen LogP contribution in [0.5, 0.6) is 5.75 Å². The van der Waals surface area contributed by atoms with Gasteiger partial charge in [-0.15, -0.1) is 0 Å². The quantitative estimate of drug-likeness (QED) is 0.641. The van der Waals surface area contributed by atoms with Crippen molar-refractivity contribution in [3.05, 3.63) is 60.2 Å². The van der Waals surface area contributed by atoms with Gasteiger partial charge in [0.1, 0.15) is 5.75 Å². The molecule has 3 rings (SSSR count). The molecule has 0 aromatic heterocycles. The van der Waals surface area contributed by atoms with Gasteiger partial charge in [-0.2, -0.15) is 0 Å². The highest BCUT2D eigenvalue weighted by Gasteiger charge is 2.43. The molecule has 0 aliphatic heterocycles. The third-order valence-electron chi connectivity index (χ3n) is 6.27. The lowest BCUT2D eigenvalue weighted by molar-refractivity contribution is -0.130. The summed E-state index contributed by atoms with van der Waals surface area (Å²) in [4.78, 5) is 15.8. The van der Waals surface area contributed by atoms with Gasteiger partial charge in [0.25, 0.3) is 0 Å². The molecule has 0 bridgehead atoms. The van der Waals surface area contributed by atoms with Crippen LogP contribution in [0.1, 0.15) is 45.6 Å². The lowest BCUT2D eigenvalue weighted by Gasteiger charge is -2.44. The van der Waals surface area contributed by atoms with E-state index in [0.29, 0.717) is 12.5 Å². The van der Waals surface area contributed by atoms with E-state index in [1.807, 2.05) is 35.2 Å². The number of benzene rings is 2. The van der Waals surface area contributed by atoms with E-state index in [2.05, 4.69) is 45.0 Å². The maximum Gasteiger partial charge on any atom is 0.230 e. The summed E-state index contributed by atoms with van der Waals surface area (Å²) in [6.45, 7) is 7.45. The molecular weight excluding hydrogens is 346 g/mol. The van der Waals surface area contributed by atoms with Crippen LogP contribution < -0.4 is 9.64 Å². The molecule has 1 amide bonds. The van der Waals surface area contributed by atoms with Crippen LogP contribution in [0.25, 0.3) is 0 Å². The summed E-state index contributed by atoms with van der Waals surface area (Å²) in [5, 5.41) is 0. The van der Waals surface area contributed by atoms with Gasteiger partial charge in [0.05, 0.1) is 7.11 Å². The molecule has 1 aliphatic carbocycles. The number of rotatable bonds is 6. The van der Waals surface area contributed by atoms with E-state index in [1.54, 1.807) is 7.11 Å². The predicted molar refractivity (Wildman–Crippen MR) is 116 cm³/mol. The molecule has 2 unspecified atom stereocenters. The maximum atomic E-state index is 13.8. The molecular formula is C25H33NO2. The summed E-state index contributed by atoms with van der Waals surface area (Å²) in [6, 6.07) is 18.3. The summed E-state index contributed by atoms with van der Waals surface area (Å²) >= 11 is 0. The molecule has 0 radical (unpaired) electrons. The monoisotopic (exact) mass is 379 g/mol. The fraction of sp³-hybridized carbons (Fsp3) is 0.480. The Kier molecular flexibility index (Phi) is 6.43. The first-order valence-electron chi connectivity index (χ1n) is 10.4. The van der Waals surface area contributed by atoms with E-state index in [-0.39, 0.29) is 17.2 Å². The van der Waals surface area contributed by atoms with Crippen molar-refractivity contribution >= 4 is 11.6 Å². The van der Waals surface area contributed by atoms with Gasteiger partial charge in [0.15, 0.2) is 0 Å². The third-order valence-corrected chi connectivity index (χ3v) is 6.27. The summed E-state index contributed by atoms with van der Waals surface area (Å²) < 4.78 is 5.30. The van der Waals surface area contributed by atoms with E-state index in [4.69, 9.17) is 4.74 Å². The minimum atomic E-state index is 0.0339. The first-order valence-corrected chi connectivity index (χ1v) is 10.4. The van der Waals surface area contributed by atoms with Crippen molar-refractivity contribution in [2.45, 2.75) is 46.5 Å². The van der Waals surface area contributed by atoms with Gasteiger partial charge in [-0.3, -0.25) is 4.79 Å². The Morgan fingerprint density at radius 3 is 2.39 bits per heavy atom. The standard InChI is InChI=1S/C25H33NO2/c1-19-9-8-17-25(2,3)23(19)24(27)26(18-16-20-10-6-5-7-11-20)21-12-14-22(28-4)15-13-21/h5-7,10-15,19,23H,8-9,16-18H2,1-4H3. The lowest BCUT2D eigenvalue weighted by atomic mass is 9.63. The molecule has 0 heterocycles. The zero-order chi connectivity index (χ0) is 20.1. The van der Waals surface area contributed by atoms with E-state index >= 15 is 0 Å². The first-order chi connectivity index (χ1) is 13.4. The highest BCUT2D eigenvalue weighted by atomic mass is 16.5. The second-order valence-corrected chi connectivity index (χ2v) is 8.76. The average Bonchev–Trinajstić information content (AvgIpc) is 2.68. The lowest BCUT2D eigenvalue weighted by Crippen LogP contribution is -2.47. The molecule has 1 fully saturated rings. The van der Waals surface area contributed by atoms with E-state index < -0.39 is 0 Å². The Labute approximate surface area is 169 Å². The van der Waals surface area contributed by atoms with Crippen LogP contribution in [0.3, 0.4) is 0 Å². The number of carbonyl (C=O) groups is 1. The Morgan fingerprint density at radius 2 is 1.79 bits per heavy atom. The Bertz CT molecular complexity index is 767. The van der Waals surface area contributed by atoms with Crippen LogP contribution >= 0.6 is 0 Å². The second kappa shape index (κ2) is 8.81. The number of nitrogens with zero attached hydrogens (tertiary/aromatic N) is 1. The molecule has 0 spiro atoms. The van der Waals surface area contributed by atoms with Crippen LogP contribution in [0.2, 0.25) is 0 Å². The highest BCUT2D eigenvalue weighted by Crippen LogP contribution is 2.45. The molecule has 1 aliphatic rings. The van der Waals surface area contributed by atoms with Crippen LogP contribution in [-0.4, -0.2) is 19.6 Å². The van der Waals surface area contributed by atoms with Crippen molar-refractivity contribution < 1.29 is 9.53 Å². The van der Waals surface area contributed by atoms with Gasteiger partial charge >= 0.3 is 0 Å². The van der Waals surface area contributed by atoms with E-state index in [9.17, 15) is 4.79 Å². The molecule has 0 N–H and O–H groups in total. The molecule has 1 saturated carbocycles. The van der Waals surface area contributed by atoms with Crippen LogP contribution in [0, 0.1) is 17.3 Å². The third kappa shape index (κ3) is 4.57. The zero-order valence-corrected chi connectivity index (χ0v) is 17.7. The minimum absolute atomic E-state index is 0.0339. The van der Waals surface area contributed by atoms with Gasteiger partial charge in [-0.1, -0.05) is 57.5 Å². The number of hydrogen-bond acceptors (Lipinski definition) is 2. The number of methoxy groups -OCH3 is 1. The van der Waals surface area contributed by atoms with Crippen molar-refractivity contribution in [1.29, 1.82) is 0 Å². The van der Waals surface area contributed by atoms with Gasteiger partial charge in [0, 0.05) is 18.2 Å². The van der Waals surface area contributed by atoms with Gasteiger partial charge < -0.3 is 9.64 Å². The molecule has 0 saturated heterocycles. The number of hydrogen-bond donors (Lipinski definition) is 0. The van der Waals surface area contributed by atoms with Crippen LogP contribution in [0.4, 0.5) is 5.69 Å². The molecule has 28 heavy (non-hydrogen) atoms. The number of anilines is 1. The number of amides is 1. The average molecular weight is 380 g/mol. The molecule has 3 heteroatoms. The molecule has 150 valence electrons. The maximum absolute atomic E-state index is 13.8. The molecule has 3 nitrogen and oxygen atoms in total. The molecule has 2 aromatic carbocycles. The summed E-state index contributed by atoms with van der Waals surface area (Å²) in [7, 11) is 1.67. The van der Waals surface area contributed by atoms with Crippen LogP contribution in [-0.2, 0) is 11.2 Å². The van der Waals surface area contributed by atoms with Crippen LogP contribution in [0.15, 0.2) is 54.6 Å². The molecule has 2 atom stereocenters. The SMILES string of the molecule is COc1ccc(N(CCc2ccccc2)C(=O)C2C(C)CCCC2(C)C)cc1. The van der Waals surface area contributed by atoms with Gasteiger partial charge in [-0.05, 0) is 60.4 Å². The topological polar surface area (TPSA) is 29.5 Å². The van der Waals surface area contributed by atoms with E-state index in [1.165, 1.54) is 12.0 Å². The second-order valence-electron chi connectivity index (χ2n) is 8.76. The smallest absolute Gasteiger partial charge is 0.230 e. The fourth-order valence-electron chi connectivity index (χ4n) is 4.73. The summed E-state index contributed by atoms with van der Waals surface area (Å²) in [5.41, 5.74) is 2.24. The van der Waals surface area contributed by atoms with Crippen molar-refractivity contribution in [3.8, 4) is 5.75 Å². The van der Waals surface area contributed by atoms with E-state index in [0.717, 1.165) is 30.7 Å². The number of carbonyl (C=O) groups excluding carboxylic acids is 1. The Balaban J connectivity index is 1.88. The number of ether oxygens (including phenoxy) is 1. The fourth-order valence-corrected chi connectivity index (χ4v) is 4.73. The summed E-state index contributed by atoms with van der Waals surface area (Å²) in [6.07, 6.45) is 4.31. The summed E-state index contributed by atoms with van der Waals surface area (Å²) in [5.74, 6) is 1.54. The first kappa shape index (κ1) is 20.4. The van der Waals surface area contributed by atoms with Gasteiger partial charge in [0.2, 0.25) is 5.91 Å². The highest BCUT2D eigenvalue weighted by molar-refractivity contribution is 5.95. The molecule has 2 aromatic rings. The Morgan fingerprint density at radius 1 is 1.11 bits per heavy atom. The normalized spacial score (nSPS) is 21.1.